The highest BCUT2D eigenvalue weighted by atomic mass is 32.2. The number of carbonyl (C=O) groups is 3. The number of nitrogens with zero attached hydrogens (tertiary/aromatic N) is 2. The quantitative estimate of drug-likeness (QED) is 0.525. The Morgan fingerprint density at radius 1 is 1.00 bits per heavy atom. The van der Waals surface area contributed by atoms with Gasteiger partial charge < -0.3 is 14.4 Å². The fourth-order valence-electron chi connectivity index (χ4n) is 3.64. The lowest BCUT2D eigenvalue weighted by Crippen LogP contribution is -2.42. The van der Waals surface area contributed by atoms with E-state index in [-0.39, 0.29) is 28.3 Å². The molecule has 0 N–H and O–H groups in total. The SMILES string of the molecule is CCOC(=O)C1CCN(C(=O)COC(=O)c2cccc(S(=O)(=O)N(C)c3ccccc3)c2)CC1. The first-order chi connectivity index (χ1) is 16.2. The molecule has 9 nitrogen and oxygen atoms in total. The largest absolute Gasteiger partial charge is 0.466 e. The number of hydrogen-bond donors (Lipinski definition) is 0. The third kappa shape index (κ3) is 5.93. The van der Waals surface area contributed by atoms with Gasteiger partial charge in [-0.15, -0.1) is 0 Å². The molecule has 0 atom stereocenters. The standard InChI is InChI=1S/C24H28N2O7S/c1-3-32-23(28)18-12-14-26(15-13-18)22(27)17-33-24(29)19-8-7-11-21(16-19)34(30,31)25(2)20-9-5-4-6-10-20/h4-11,16,18H,3,12-15,17H2,1-2H3. The highest BCUT2D eigenvalue weighted by Gasteiger charge is 2.29. The van der Waals surface area contributed by atoms with Gasteiger partial charge in [-0.25, -0.2) is 13.2 Å². The first kappa shape index (κ1) is 25.2. The summed E-state index contributed by atoms with van der Waals surface area (Å²) in [7, 11) is -2.47. The zero-order valence-corrected chi connectivity index (χ0v) is 20.0. The average Bonchev–Trinajstić information content (AvgIpc) is 2.87. The van der Waals surface area contributed by atoms with Crippen molar-refractivity contribution < 1.29 is 32.3 Å². The number of anilines is 1. The zero-order valence-electron chi connectivity index (χ0n) is 19.2. The smallest absolute Gasteiger partial charge is 0.338 e. The fourth-order valence-corrected chi connectivity index (χ4v) is 4.89. The normalized spacial score (nSPS) is 14.4. The molecule has 0 bridgehead atoms. The molecule has 0 aliphatic carbocycles. The first-order valence-corrected chi connectivity index (χ1v) is 12.4. The van der Waals surface area contributed by atoms with Crippen LogP contribution < -0.4 is 4.31 Å². The van der Waals surface area contributed by atoms with Gasteiger partial charge in [0, 0.05) is 20.1 Å². The number of benzene rings is 2. The van der Waals surface area contributed by atoms with Crippen LogP contribution in [-0.4, -0.2) is 64.5 Å². The molecular formula is C24H28N2O7S. The Bertz CT molecular complexity index is 1130. The molecule has 2 aromatic rings. The molecule has 3 rings (SSSR count). The maximum atomic E-state index is 13.0. The van der Waals surface area contributed by atoms with Gasteiger partial charge in [0.15, 0.2) is 6.61 Å². The summed E-state index contributed by atoms with van der Waals surface area (Å²) in [5, 5.41) is 0. The second-order valence-corrected chi connectivity index (χ2v) is 9.79. The molecular weight excluding hydrogens is 460 g/mol. The van der Waals surface area contributed by atoms with Gasteiger partial charge in [0.25, 0.3) is 15.9 Å². The van der Waals surface area contributed by atoms with Crippen LogP contribution in [0.1, 0.15) is 30.1 Å². The fraction of sp³-hybridized carbons (Fsp3) is 0.375. The van der Waals surface area contributed by atoms with Crippen molar-refractivity contribution in [2.24, 2.45) is 5.92 Å². The number of likely N-dealkylation sites (tertiary alicyclic amines) is 1. The van der Waals surface area contributed by atoms with Crippen molar-refractivity contribution in [3.05, 3.63) is 60.2 Å². The number of para-hydroxylation sites is 1. The summed E-state index contributed by atoms with van der Waals surface area (Å²) in [4.78, 5) is 38.2. The molecule has 1 amide bonds. The third-order valence-corrected chi connectivity index (χ3v) is 7.42. The van der Waals surface area contributed by atoms with Gasteiger partial charge in [-0.2, -0.15) is 0 Å². The summed E-state index contributed by atoms with van der Waals surface area (Å²) in [6, 6.07) is 14.1. The average molecular weight is 489 g/mol. The summed E-state index contributed by atoms with van der Waals surface area (Å²) in [6.07, 6.45) is 0.987. The number of esters is 2. The van der Waals surface area contributed by atoms with Crippen LogP contribution in [0.3, 0.4) is 0 Å². The lowest BCUT2D eigenvalue weighted by atomic mass is 9.97. The van der Waals surface area contributed by atoms with Crippen molar-refractivity contribution in [2.45, 2.75) is 24.7 Å². The molecule has 0 spiro atoms. The molecule has 1 fully saturated rings. The summed E-state index contributed by atoms with van der Waals surface area (Å²) >= 11 is 0. The first-order valence-electron chi connectivity index (χ1n) is 11.0. The molecule has 1 saturated heterocycles. The van der Waals surface area contributed by atoms with E-state index in [0.29, 0.717) is 38.2 Å². The van der Waals surface area contributed by atoms with Crippen molar-refractivity contribution in [1.29, 1.82) is 0 Å². The predicted molar refractivity (Wildman–Crippen MR) is 125 cm³/mol. The number of amides is 1. The molecule has 10 heteroatoms. The van der Waals surface area contributed by atoms with E-state index in [9.17, 15) is 22.8 Å². The maximum absolute atomic E-state index is 13.0. The monoisotopic (exact) mass is 488 g/mol. The van der Waals surface area contributed by atoms with E-state index < -0.39 is 22.6 Å². The van der Waals surface area contributed by atoms with Crippen LogP contribution in [-0.2, 0) is 29.1 Å². The summed E-state index contributed by atoms with van der Waals surface area (Å²) in [5.41, 5.74) is 0.504. The Morgan fingerprint density at radius 2 is 1.68 bits per heavy atom. The van der Waals surface area contributed by atoms with Crippen LogP contribution in [0.25, 0.3) is 0 Å². The molecule has 34 heavy (non-hydrogen) atoms. The zero-order chi connectivity index (χ0) is 24.7. The van der Waals surface area contributed by atoms with Crippen LogP contribution in [0.4, 0.5) is 5.69 Å². The van der Waals surface area contributed by atoms with Gasteiger partial charge in [-0.05, 0) is 50.1 Å². The van der Waals surface area contributed by atoms with Gasteiger partial charge in [0.05, 0.1) is 28.7 Å². The number of hydrogen-bond acceptors (Lipinski definition) is 7. The molecule has 1 aliphatic rings. The number of sulfonamides is 1. The minimum Gasteiger partial charge on any atom is -0.466 e. The molecule has 1 heterocycles. The van der Waals surface area contributed by atoms with Gasteiger partial charge in [-0.1, -0.05) is 24.3 Å². The van der Waals surface area contributed by atoms with Crippen LogP contribution in [0.15, 0.2) is 59.5 Å². The second-order valence-electron chi connectivity index (χ2n) is 7.82. The van der Waals surface area contributed by atoms with Crippen molar-refractivity contribution in [3.8, 4) is 0 Å². The molecule has 0 radical (unpaired) electrons. The van der Waals surface area contributed by atoms with E-state index in [1.54, 1.807) is 42.2 Å². The van der Waals surface area contributed by atoms with Crippen LogP contribution in [0.5, 0.6) is 0 Å². The highest BCUT2D eigenvalue weighted by Crippen LogP contribution is 2.23. The third-order valence-electron chi connectivity index (χ3n) is 5.64. The topological polar surface area (TPSA) is 110 Å². The molecule has 182 valence electrons. The van der Waals surface area contributed by atoms with Crippen molar-refractivity contribution in [1.82, 2.24) is 4.90 Å². The molecule has 2 aromatic carbocycles. The van der Waals surface area contributed by atoms with E-state index in [0.717, 1.165) is 4.31 Å². The summed E-state index contributed by atoms with van der Waals surface area (Å²) in [5.74, 6) is -1.66. The summed E-state index contributed by atoms with van der Waals surface area (Å²) in [6.45, 7) is 2.35. The maximum Gasteiger partial charge on any atom is 0.338 e. The number of carbonyl (C=O) groups excluding carboxylic acids is 3. The van der Waals surface area contributed by atoms with E-state index in [1.807, 2.05) is 0 Å². The molecule has 1 aliphatic heterocycles. The lowest BCUT2D eigenvalue weighted by Gasteiger charge is -2.30. The van der Waals surface area contributed by atoms with E-state index in [2.05, 4.69) is 0 Å². The Hall–Kier alpha value is -3.40. The van der Waals surface area contributed by atoms with Crippen molar-refractivity contribution in [2.75, 3.05) is 37.7 Å². The minimum atomic E-state index is -3.90. The number of rotatable bonds is 8. The molecule has 0 unspecified atom stereocenters. The van der Waals surface area contributed by atoms with E-state index >= 15 is 0 Å². The summed E-state index contributed by atoms with van der Waals surface area (Å²) < 4.78 is 37.2. The van der Waals surface area contributed by atoms with Gasteiger partial charge in [0.2, 0.25) is 0 Å². The molecule has 0 saturated carbocycles. The second kappa shape index (κ2) is 11.1. The number of ether oxygens (including phenoxy) is 2. The minimum absolute atomic E-state index is 0.0244. The Balaban J connectivity index is 1.58. The van der Waals surface area contributed by atoms with Crippen molar-refractivity contribution >= 4 is 33.6 Å². The van der Waals surface area contributed by atoms with Crippen LogP contribution >= 0.6 is 0 Å². The predicted octanol–water partition coefficient (Wildman–Crippen LogP) is 2.47. The Morgan fingerprint density at radius 3 is 2.32 bits per heavy atom. The lowest BCUT2D eigenvalue weighted by molar-refractivity contribution is -0.151. The van der Waals surface area contributed by atoms with Gasteiger partial charge in [-0.3, -0.25) is 13.9 Å². The van der Waals surface area contributed by atoms with Crippen molar-refractivity contribution in [3.63, 3.8) is 0 Å². The van der Waals surface area contributed by atoms with Gasteiger partial charge >= 0.3 is 11.9 Å². The molecule has 0 aromatic heterocycles. The van der Waals surface area contributed by atoms with E-state index in [4.69, 9.17) is 9.47 Å². The highest BCUT2D eigenvalue weighted by molar-refractivity contribution is 7.92. The Labute approximate surface area is 199 Å². The van der Waals surface area contributed by atoms with Gasteiger partial charge in [0.1, 0.15) is 0 Å². The van der Waals surface area contributed by atoms with E-state index in [1.165, 1.54) is 31.3 Å². The van der Waals surface area contributed by atoms with Crippen LogP contribution in [0, 0.1) is 5.92 Å². The van der Waals surface area contributed by atoms with Crippen LogP contribution in [0.2, 0.25) is 0 Å². The Kier molecular flexibility index (Phi) is 8.27. The number of piperidine rings is 1.